The Balaban J connectivity index is 1.91. The minimum Gasteiger partial charge on any atom is -0.384 e. The average Bonchev–Trinajstić information content (AvgIpc) is 3.23. The van der Waals surface area contributed by atoms with Crippen LogP contribution < -0.4 is 5.73 Å². The Hall–Kier alpha value is -2.54. The SMILES string of the molecule is Cn1cc(-c2cc(C(F)F)cc(C3CCOC3)n2)c2cc(N)ncc21. The zero-order valence-corrected chi connectivity index (χ0v) is 13.7. The first kappa shape index (κ1) is 16.0. The molecule has 2 N–H and O–H groups in total. The molecule has 1 fully saturated rings. The first-order valence-corrected chi connectivity index (χ1v) is 8.11. The van der Waals surface area contributed by atoms with Crippen LogP contribution in [0.25, 0.3) is 22.2 Å². The Kier molecular flexibility index (Phi) is 3.88. The van der Waals surface area contributed by atoms with Crippen molar-refractivity contribution in [2.45, 2.75) is 18.8 Å². The lowest BCUT2D eigenvalue weighted by molar-refractivity contribution is 0.151. The number of rotatable bonds is 3. The normalized spacial score (nSPS) is 17.7. The van der Waals surface area contributed by atoms with Crippen molar-refractivity contribution in [2.75, 3.05) is 18.9 Å². The number of pyridine rings is 2. The number of fused-ring (bicyclic) bond motifs is 1. The Bertz CT molecular complexity index is 932. The van der Waals surface area contributed by atoms with Crippen LogP contribution in [0.2, 0.25) is 0 Å². The number of halogens is 2. The molecule has 3 aromatic rings. The second-order valence-electron chi connectivity index (χ2n) is 6.35. The van der Waals surface area contributed by atoms with Crippen LogP contribution in [0.5, 0.6) is 0 Å². The maximum atomic E-state index is 13.4. The predicted molar refractivity (Wildman–Crippen MR) is 91.5 cm³/mol. The lowest BCUT2D eigenvalue weighted by Crippen LogP contribution is -2.04. The van der Waals surface area contributed by atoms with Crippen LogP contribution in [-0.4, -0.2) is 27.7 Å². The summed E-state index contributed by atoms with van der Waals surface area (Å²) in [6.45, 7) is 1.16. The Labute approximate surface area is 143 Å². The number of aryl methyl sites for hydroxylation is 1. The van der Waals surface area contributed by atoms with Gasteiger partial charge in [-0.25, -0.2) is 13.8 Å². The van der Waals surface area contributed by atoms with E-state index in [0.29, 0.717) is 30.4 Å². The van der Waals surface area contributed by atoms with Crippen molar-refractivity contribution < 1.29 is 13.5 Å². The standard InChI is InChI=1S/C18H18F2N4O/c1-24-8-13(12-6-17(21)22-7-16(12)24)15-5-11(18(19)20)4-14(23-15)10-2-3-25-9-10/h4-8,10,18H,2-3,9H2,1H3,(H2,21,22). The molecule has 0 bridgehead atoms. The summed E-state index contributed by atoms with van der Waals surface area (Å²) in [5, 5.41) is 0.850. The molecule has 0 radical (unpaired) electrons. The van der Waals surface area contributed by atoms with E-state index in [9.17, 15) is 8.78 Å². The minimum absolute atomic E-state index is 0.0223. The average molecular weight is 344 g/mol. The number of hydrogen-bond donors (Lipinski definition) is 1. The lowest BCUT2D eigenvalue weighted by atomic mass is 10.0. The maximum Gasteiger partial charge on any atom is 0.263 e. The molecule has 0 aromatic carbocycles. The van der Waals surface area contributed by atoms with E-state index in [0.717, 1.165) is 22.9 Å². The molecule has 4 rings (SSSR count). The lowest BCUT2D eigenvalue weighted by Gasteiger charge is -2.12. The third kappa shape index (κ3) is 2.84. The highest BCUT2D eigenvalue weighted by molar-refractivity contribution is 5.96. The van der Waals surface area contributed by atoms with Gasteiger partial charge in [-0.1, -0.05) is 0 Å². The van der Waals surface area contributed by atoms with Gasteiger partial charge in [-0.2, -0.15) is 0 Å². The zero-order valence-electron chi connectivity index (χ0n) is 13.7. The van der Waals surface area contributed by atoms with Crippen molar-refractivity contribution in [3.05, 3.63) is 41.9 Å². The topological polar surface area (TPSA) is 66.0 Å². The molecule has 1 unspecified atom stereocenters. The number of nitrogens with two attached hydrogens (primary N) is 1. The van der Waals surface area contributed by atoms with Crippen LogP contribution in [0.3, 0.4) is 0 Å². The first-order chi connectivity index (χ1) is 12.0. The molecular weight excluding hydrogens is 326 g/mol. The van der Waals surface area contributed by atoms with Crippen molar-refractivity contribution in [3.63, 3.8) is 0 Å². The third-order valence-corrected chi connectivity index (χ3v) is 4.64. The van der Waals surface area contributed by atoms with Crippen molar-refractivity contribution >= 4 is 16.7 Å². The smallest absolute Gasteiger partial charge is 0.263 e. The van der Waals surface area contributed by atoms with E-state index in [-0.39, 0.29) is 11.5 Å². The molecule has 25 heavy (non-hydrogen) atoms. The van der Waals surface area contributed by atoms with Crippen LogP contribution in [0.4, 0.5) is 14.6 Å². The second-order valence-corrected chi connectivity index (χ2v) is 6.35. The number of nitrogen functional groups attached to an aromatic ring is 1. The summed E-state index contributed by atoms with van der Waals surface area (Å²) in [6.07, 6.45) is 1.80. The van der Waals surface area contributed by atoms with Gasteiger partial charge in [0, 0.05) is 48.0 Å². The summed E-state index contributed by atoms with van der Waals surface area (Å²) in [4.78, 5) is 8.77. The molecule has 0 saturated carbocycles. The molecule has 1 aliphatic heterocycles. The molecule has 0 aliphatic carbocycles. The van der Waals surface area contributed by atoms with E-state index >= 15 is 0 Å². The molecule has 4 heterocycles. The highest BCUT2D eigenvalue weighted by Gasteiger charge is 2.23. The van der Waals surface area contributed by atoms with Gasteiger partial charge in [-0.15, -0.1) is 0 Å². The van der Waals surface area contributed by atoms with Crippen LogP contribution in [0, 0.1) is 0 Å². The van der Waals surface area contributed by atoms with Gasteiger partial charge in [0.25, 0.3) is 6.43 Å². The molecule has 130 valence electrons. The molecule has 1 saturated heterocycles. The second kappa shape index (κ2) is 6.07. The van der Waals surface area contributed by atoms with Gasteiger partial charge in [0.05, 0.1) is 24.0 Å². The van der Waals surface area contributed by atoms with Crippen molar-refractivity contribution in [1.82, 2.24) is 14.5 Å². The summed E-state index contributed by atoms with van der Waals surface area (Å²) in [5.74, 6) is 0.438. The van der Waals surface area contributed by atoms with Gasteiger partial charge in [-0.05, 0) is 24.6 Å². The fourth-order valence-electron chi connectivity index (χ4n) is 3.31. The fourth-order valence-corrected chi connectivity index (χ4v) is 3.31. The molecular formula is C18H18F2N4O. The molecule has 1 atom stereocenters. The van der Waals surface area contributed by atoms with Crippen molar-refractivity contribution in [2.24, 2.45) is 7.05 Å². The Morgan fingerprint density at radius 2 is 2.16 bits per heavy atom. The Morgan fingerprint density at radius 3 is 2.88 bits per heavy atom. The number of aromatic nitrogens is 3. The van der Waals surface area contributed by atoms with E-state index in [4.69, 9.17) is 10.5 Å². The van der Waals surface area contributed by atoms with E-state index in [2.05, 4.69) is 9.97 Å². The summed E-state index contributed by atoms with van der Waals surface area (Å²) in [6, 6.07) is 4.70. The van der Waals surface area contributed by atoms with Crippen LogP contribution >= 0.6 is 0 Å². The zero-order chi connectivity index (χ0) is 17.6. The number of anilines is 1. The summed E-state index contributed by atoms with van der Waals surface area (Å²) < 4.78 is 34.1. The van der Waals surface area contributed by atoms with Gasteiger partial charge in [0.1, 0.15) is 5.82 Å². The number of hydrogen-bond acceptors (Lipinski definition) is 4. The minimum atomic E-state index is -2.55. The molecule has 0 amide bonds. The first-order valence-electron chi connectivity index (χ1n) is 8.11. The highest BCUT2D eigenvalue weighted by Crippen LogP contribution is 2.34. The molecule has 5 nitrogen and oxygen atoms in total. The fraction of sp³-hybridized carbons (Fsp3) is 0.333. The van der Waals surface area contributed by atoms with E-state index in [1.165, 1.54) is 12.1 Å². The van der Waals surface area contributed by atoms with Gasteiger partial charge >= 0.3 is 0 Å². The molecule has 3 aromatic heterocycles. The molecule has 7 heteroatoms. The van der Waals surface area contributed by atoms with E-state index in [1.54, 1.807) is 12.3 Å². The number of alkyl halides is 2. The third-order valence-electron chi connectivity index (χ3n) is 4.64. The van der Waals surface area contributed by atoms with E-state index in [1.807, 2.05) is 17.8 Å². The van der Waals surface area contributed by atoms with Gasteiger partial charge in [-0.3, -0.25) is 4.98 Å². The monoisotopic (exact) mass is 344 g/mol. The summed E-state index contributed by atoms with van der Waals surface area (Å²) >= 11 is 0. The number of nitrogens with zero attached hydrogens (tertiary/aromatic N) is 3. The number of ether oxygens (including phenoxy) is 1. The summed E-state index contributed by atoms with van der Waals surface area (Å²) in [5.41, 5.74) is 8.62. The highest BCUT2D eigenvalue weighted by atomic mass is 19.3. The van der Waals surface area contributed by atoms with Gasteiger partial charge in [0.2, 0.25) is 0 Å². The van der Waals surface area contributed by atoms with Gasteiger partial charge < -0.3 is 15.0 Å². The quantitative estimate of drug-likeness (QED) is 0.787. The van der Waals surface area contributed by atoms with E-state index < -0.39 is 6.43 Å². The molecule has 0 spiro atoms. The Morgan fingerprint density at radius 1 is 1.32 bits per heavy atom. The van der Waals surface area contributed by atoms with Crippen LogP contribution in [0.15, 0.2) is 30.6 Å². The predicted octanol–water partition coefficient (Wildman–Crippen LogP) is 3.66. The summed E-state index contributed by atoms with van der Waals surface area (Å²) in [7, 11) is 1.88. The maximum absolute atomic E-state index is 13.4. The van der Waals surface area contributed by atoms with Crippen LogP contribution in [0.1, 0.15) is 30.0 Å². The molecule has 1 aliphatic rings. The largest absolute Gasteiger partial charge is 0.384 e. The van der Waals surface area contributed by atoms with Crippen LogP contribution in [-0.2, 0) is 11.8 Å². The van der Waals surface area contributed by atoms with Crippen molar-refractivity contribution in [1.29, 1.82) is 0 Å². The van der Waals surface area contributed by atoms with Crippen molar-refractivity contribution in [3.8, 4) is 11.3 Å². The van der Waals surface area contributed by atoms with Gasteiger partial charge in [0.15, 0.2) is 0 Å².